The first-order valence-electron chi connectivity index (χ1n) is 12.8. The first-order valence-corrected chi connectivity index (χ1v) is 14.1. The van der Waals surface area contributed by atoms with Gasteiger partial charge in [-0.05, 0) is 19.3 Å². The van der Waals surface area contributed by atoms with E-state index < -0.39 is 10.4 Å². The molecule has 0 fully saturated rings. The Hall–Kier alpha value is 0.610. The molecule has 0 saturated carbocycles. The van der Waals surface area contributed by atoms with Gasteiger partial charge in [0.25, 0.3) is 0 Å². The second-order valence-electron chi connectivity index (χ2n) is 8.76. The summed E-state index contributed by atoms with van der Waals surface area (Å²) in [4.78, 5) is 0. The first-order chi connectivity index (χ1) is 14.5. The molecule has 1 unspecified atom stereocenters. The molecule has 0 aliphatic carbocycles. The zero-order valence-corrected chi connectivity index (χ0v) is 23.7. The van der Waals surface area contributed by atoms with Crippen LogP contribution in [0.3, 0.4) is 0 Å². The SMILES string of the molecule is CCCCCCCCCCCCC/C=C/C(CCCCCCCC)COS(=O)(=O)[O-].[Na+]. The number of rotatable bonds is 23. The zero-order valence-electron chi connectivity index (χ0n) is 20.9. The fourth-order valence-corrected chi connectivity index (χ4v) is 4.15. The van der Waals surface area contributed by atoms with E-state index in [9.17, 15) is 13.0 Å². The number of hydrogen-bond acceptors (Lipinski definition) is 4. The van der Waals surface area contributed by atoms with Crippen LogP contribution in [0.1, 0.15) is 136 Å². The molecule has 0 aromatic carbocycles. The van der Waals surface area contributed by atoms with E-state index in [1.807, 2.05) is 0 Å². The summed E-state index contributed by atoms with van der Waals surface area (Å²) in [6, 6.07) is 0. The Labute approximate surface area is 216 Å². The maximum atomic E-state index is 10.8. The average molecular weight is 469 g/mol. The van der Waals surface area contributed by atoms with E-state index in [-0.39, 0.29) is 42.1 Å². The van der Waals surface area contributed by atoms with Crippen molar-refractivity contribution in [2.45, 2.75) is 136 Å². The maximum Gasteiger partial charge on any atom is 1.00 e. The van der Waals surface area contributed by atoms with Gasteiger partial charge in [0.2, 0.25) is 10.4 Å². The van der Waals surface area contributed by atoms with Crippen molar-refractivity contribution in [2.24, 2.45) is 5.92 Å². The third-order valence-corrected chi connectivity index (χ3v) is 6.16. The van der Waals surface area contributed by atoms with Gasteiger partial charge in [-0.25, -0.2) is 8.42 Å². The summed E-state index contributed by atoms with van der Waals surface area (Å²) in [5.41, 5.74) is 0. The van der Waals surface area contributed by atoms with Crippen molar-refractivity contribution in [3.05, 3.63) is 12.2 Å². The van der Waals surface area contributed by atoms with Gasteiger partial charge >= 0.3 is 29.6 Å². The van der Waals surface area contributed by atoms with Crippen LogP contribution in [0, 0.1) is 5.92 Å². The molecule has 0 saturated heterocycles. The van der Waals surface area contributed by atoms with Crippen LogP contribution in [0.15, 0.2) is 12.2 Å². The summed E-state index contributed by atoms with van der Waals surface area (Å²) in [7, 11) is -4.60. The minimum Gasteiger partial charge on any atom is -0.726 e. The number of hydrogen-bond donors (Lipinski definition) is 0. The van der Waals surface area contributed by atoms with Crippen molar-refractivity contribution in [2.75, 3.05) is 6.61 Å². The largest absolute Gasteiger partial charge is 1.00 e. The van der Waals surface area contributed by atoms with Gasteiger partial charge in [-0.1, -0.05) is 129 Å². The molecule has 0 aliphatic heterocycles. The van der Waals surface area contributed by atoms with E-state index in [0.29, 0.717) is 0 Å². The second kappa shape index (κ2) is 25.2. The van der Waals surface area contributed by atoms with Crippen molar-refractivity contribution in [3.8, 4) is 0 Å². The monoisotopic (exact) mass is 468 g/mol. The topological polar surface area (TPSA) is 66.4 Å². The standard InChI is InChI=1S/C25H50O4S.Na/c1-3-5-7-9-11-12-13-14-15-16-17-19-21-23-25(24-29-30(26,27)28)22-20-18-10-8-6-4-2;/h21,23,25H,3-20,22,24H2,1-2H3,(H,26,27,28);/q;+1/p-1/b23-21+;. The molecule has 0 aromatic heterocycles. The van der Waals surface area contributed by atoms with E-state index >= 15 is 0 Å². The van der Waals surface area contributed by atoms with Crippen LogP contribution in [0.4, 0.5) is 0 Å². The van der Waals surface area contributed by atoms with E-state index in [1.165, 1.54) is 96.3 Å². The van der Waals surface area contributed by atoms with Gasteiger partial charge in [-0.3, -0.25) is 4.18 Å². The molecular formula is C25H49NaO4S. The minimum atomic E-state index is -4.60. The Balaban J connectivity index is 0. The molecule has 4 nitrogen and oxygen atoms in total. The van der Waals surface area contributed by atoms with Gasteiger partial charge in [-0.15, -0.1) is 0 Å². The molecule has 1 atom stereocenters. The van der Waals surface area contributed by atoms with Crippen LogP contribution in [0.2, 0.25) is 0 Å². The predicted molar refractivity (Wildman–Crippen MR) is 127 cm³/mol. The Morgan fingerprint density at radius 1 is 0.710 bits per heavy atom. The number of unbranched alkanes of at least 4 members (excludes halogenated alkanes) is 16. The molecule has 0 aromatic rings. The van der Waals surface area contributed by atoms with Crippen molar-refractivity contribution < 1.29 is 46.7 Å². The number of allylic oxidation sites excluding steroid dienone is 1. The van der Waals surface area contributed by atoms with E-state index in [2.05, 4.69) is 30.2 Å². The van der Waals surface area contributed by atoms with Gasteiger partial charge < -0.3 is 4.55 Å². The molecular weight excluding hydrogens is 419 g/mol. The maximum absolute atomic E-state index is 10.8. The van der Waals surface area contributed by atoms with E-state index in [0.717, 1.165) is 25.7 Å². The summed E-state index contributed by atoms with van der Waals surface area (Å²) in [5, 5.41) is 0. The third kappa shape index (κ3) is 28.6. The molecule has 0 radical (unpaired) electrons. The fraction of sp³-hybridized carbons (Fsp3) is 0.920. The molecule has 0 bridgehead atoms. The van der Waals surface area contributed by atoms with Gasteiger partial charge in [0.05, 0.1) is 6.61 Å². The Morgan fingerprint density at radius 2 is 1.13 bits per heavy atom. The van der Waals surface area contributed by atoms with Gasteiger partial charge in [0.15, 0.2) is 0 Å². The Bertz CT molecular complexity index is 480. The summed E-state index contributed by atoms with van der Waals surface area (Å²) < 4.78 is 36.8. The van der Waals surface area contributed by atoms with Crippen LogP contribution in [-0.4, -0.2) is 19.6 Å². The van der Waals surface area contributed by atoms with Crippen molar-refractivity contribution >= 4 is 10.4 Å². The quantitative estimate of drug-likeness (QED) is 0.0689. The van der Waals surface area contributed by atoms with E-state index in [4.69, 9.17) is 0 Å². The molecule has 0 heterocycles. The first kappa shape index (κ1) is 33.8. The summed E-state index contributed by atoms with van der Waals surface area (Å²) >= 11 is 0. The second-order valence-corrected chi connectivity index (χ2v) is 9.81. The zero-order chi connectivity index (χ0) is 22.3. The van der Waals surface area contributed by atoms with E-state index in [1.54, 1.807) is 0 Å². The van der Waals surface area contributed by atoms with Gasteiger partial charge in [-0.2, -0.15) is 0 Å². The molecule has 0 rings (SSSR count). The van der Waals surface area contributed by atoms with Crippen LogP contribution >= 0.6 is 0 Å². The normalized spacial score (nSPS) is 12.9. The summed E-state index contributed by atoms with van der Waals surface area (Å²) in [5.74, 6) is 0.0209. The molecule has 6 heteroatoms. The van der Waals surface area contributed by atoms with Crippen molar-refractivity contribution in [3.63, 3.8) is 0 Å². The van der Waals surface area contributed by atoms with Crippen molar-refractivity contribution in [1.29, 1.82) is 0 Å². The molecule has 0 spiro atoms. The summed E-state index contributed by atoms with van der Waals surface area (Å²) in [6.45, 7) is 4.45. The molecule has 0 N–H and O–H groups in total. The van der Waals surface area contributed by atoms with Crippen LogP contribution in [0.5, 0.6) is 0 Å². The Kier molecular flexibility index (Phi) is 27.5. The minimum absolute atomic E-state index is 0. The van der Waals surface area contributed by atoms with Crippen LogP contribution in [-0.2, 0) is 14.6 Å². The molecule has 31 heavy (non-hydrogen) atoms. The summed E-state index contributed by atoms with van der Waals surface area (Å²) in [6.07, 6.45) is 28.1. The fourth-order valence-electron chi connectivity index (χ4n) is 3.81. The third-order valence-electron chi connectivity index (χ3n) is 5.74. The smallest absolute Gasteiger partial charge is 0.726 e. The Morgan fingerprint density at radius 3 is 1.58 bits per heavy atom. The van der Waals surface area contributed by atoms with Gasteiger partial charge in [0, 0.05) is 5.92 Å². The van der Waals surface area contributed by atoms with Crippen molar-refractivity contribution in [1.82, 2.24) is 0 Å². The predicted octanol–water partition coefficient (Wildman–Crippen LogP) is 5.09. The molecule has 180 valence electrons. The molecule has 0 amide bonds. The molecule has 0 aliphatic rings. The average Bonchev–Trinajstić information content (AvgIpc) is 2.70. The van der Waals surface area contributed by atoms with Crippen LogP contribution < -0.4 is 29.6 Å². The van der Waals surface area contributed by atoms with Crippen LogP contribution in [0.25, 0.3) is 0 Å². The van der Waals surface area contributed by atoms with Gasteiger partial charge in [0.1, 0.15) is 0 Å².